The number of benzene rings is 2. The second-order valence-electron chi connectivity index (χ2n) is 8.43. The summed E-state index contributed by atoms with van der Waals surface area (Å²) in [6.07, 6.45) is 0. The summed E-state index contributed by atoms with van der Waals surface area (Å²) in [5.41, 5.74) is 1.65. The molecule has 0 aliphatic heterocycles. The first-order chi connectivity index (χ1) is 15.6. The van der Waals surface area contributed by atoms with Gasteiger partial charge in [-0.1, -0.05) is 56.3 Å². The van der Waals surface area contributed by atoms with Gasteiger partial charge in [-0.3, -0.25) is 9.59 Å². The number of hydrogen-bond acceptors (Lipinski definition) is 7. The molecule has 2 aromatic carbocycles. The molecule has 0 saturated heterocycles. The maximum Gasteiger partial charge on any atom is 0.315 e. The molecule has 0 aliphatic carbocycles. The molecule has 2 N–H and O–H groups in total. The van der Waals surface area contributed by atoms with Crippen LogP contribution in [0.1, 0.15) is 53.2 Å². The van der Waals surface area contributed by atoms with Crippen molar-refractivity contribution in [1.29, 1.82) is 0 Å². The van der Waals surface area contributed by atoms with E-state index in [-0.39, 0.29) is 41.0 Å². The molecule has 0 atom stereocenters. The van der Waals surface area contributed by atoms with Crippen molar-refractivity contribution in [3.05, 3.63) is 77.4 Å². The van der Waals surface area contributed by atoms with Crippen LogP contribution in [0.15, 0.2) is 64.0 Å². The molecular weight excluding hydrogens is 444 g/mol. The first kappa shape index (κ1) is 24.1. The first-order valence-corrected chi connectivity index (χ1v) is 12.0. The van der Waals surface area contributed by atoms with E-state index in [2.05, 4.69) is 41.5 Å². The minimum absolute atomic E-state index is 0.000367. The lowest BCUT2D eigenvalue weighted by Crippen LogP contribution is -2.34. The van der Waals surface area contributed by atoms with Crippen molar-refractivity contribution in [3.63, 3.8) is 0 Å². The average molecular weight is 471 g/mol. The van der Waals surface area contributed by atoms with Gasteiger partial charge in [0.1, 0.15) is 5.75 Å². The smallest absolute Gasteiger partial charge is 0.315 e. The third-order valence-electron chi connectivity index (χ3n) is 4.79. The predicted octanol–water partition coefficient (Wildman–Crippen LogP) is 2.50. The van der Waals surface area contributed by atoms with Gasteiger partial charge in [-0.15, -0.1) is 0 Å². The van der Waals surface area contributed by atoms with E-state index < -0.39 is 21.5 Å². The summed E-state index contributed by atoms with van der Waals surface area (Å²) < 4.78 is 29.6. The van der Waals surface area contributed by atoms with Gasteiger partial charge in [0.25, 0.3) is 5.91 Å². The van der Waals surface area contributed by atoms with Gasteiger partial charge in [0.2, 0.25) is 0 Å². The third kappa shape index (κ3) is 6.48. The zero-order valence-electron chi connectivity index (χ0n) is 18.7. The van der Waals surface area contributed by atoms with Crippen LogP contribution in [0.4, 0.5) is 0 Å². The Balaban J connectivity index is 1.47. The summed E-state index contributed by atoms with van der Waals surface area (Å²) in [5, 5.41) is 8.83. The van der Waals surface area contributed by atoms with Crippen LogP contribution in [0.2, 0.25) is 0 Å². The molecule has 0 unspecified atom stereocenters. The average Bonchev–Trinajstić information content (AvgIpc) is 3.24. The maximum atomic E-state index is 12.4. The Kier molecular flexibility index (Phi) is 7.27. The van der Waals surface area contributed by atoms with Gasteiger partial charge in [0, 0.05) is 18.7 Å². The summed E-state index contributed by atoms with van der Waals surface area (Å²) in [5.74, 6) is -1.86. The van der Waals surface area contributed by atoms with Crippen molar-refractivity contribution in [3.8, 4) is 0 Å². The molecule has 0 saturated carbocycles. The van der Waals surface area contributed by atoms with Gasteiger partial charge in [0.05, 0.1) is 4.90 Å². The molecule has 3 rings (SSSR count). The number of nitrogens with one attached hydrogen (secondary N) is 2. The Hall–Kier alpha value is -3.53. The fourth-order valence-electron chi connectivity index (χ4n) is 2.94. The van der Waals surface area contributed by atoms with Crippen LogP contribution in [0.25, 0.3) is 0 Å². The van der Waals surface area contributed by atoms with E-state index in [1.165, 1.54) is 12.1 Å². The number of carbonyl (C=O) groups excluding carboxylic acids is 2. The molecule has 1 aromatic heterocycles. The lowest BCUT2D eigenvalue weighted by molar-refractivity contribution is 0.0898. The number of amides is 2. The lowest BCUT2D eigenvalue weighted by atomic mass is 9.87. The Morgan fingerprint density at radius 1 is 0.909 bits per heavy atom. The zero-order chi connectivity index (χ0) is 24.1. The summed E-state index contributed by atoms with van der Waals surface area (Å²) in [7, 11) is -3.66. The standard InChI is InChI=1S/C23H26N4O5S/c1-23(2,3)17-11-9-16(10-12-17)20(28)24-13-14-25-21(29)22-26-19(27-32-22)15-33(30,31)18-7-5-4-6-8-18/h4-12H,13-15H2,1-3H3,(H,24,28)(H,25,29). The second-order valence-corrected chi connectivity index (χ2v) is 10.4. The van der Waals surface area contributed by atoms with Gasteiger partial charge in [-0.2, -0.15) is 4.98 Å². The van der Waals surface area contributed by atoms with Crippen molar-refractivity contribution < 1.29 is 22.5 Å². The topological polar surface area (TPSA) is 131 Å². The van der Waals surface area contributed by atoms with E-state index in [1.807, 2.05) is 12.1 Å². The van der Waals surface area contributed by atoms with E-state index in [0.717, 1.165) is 5.56 Å². The van der Waals surface area contributed by atoms with Gasteiger partial charge >= 0.3 is 11.8 Å². The van der Waals surface area contributed by atoms with Crippen molar-refractivity contribution in [1.82, 2.24) is 20.8 Å². The molecule has 0 spiro atoms. The van der Waals surface area contributed by atoms with Crippen LogP contribution in [0.3, 0.4) is 0 Å². The number of aromatic nitrogens is 2. The van der Waals surface area contributed by atoms with Crippen LogP contribution in [-0.4, -0.2) is 43.5 Å². The van der Waals surface area contributed by atoms with Crippen LogP contribution < -0.4 is 10.6 Å². The quantitative estimate of drug-likeness (QED) is 0.484. The minimum atomic E-state index is -3.66. The van der Waals surface area contributed by atoms with Crippen molar-refractivity contribution in [2.24, 2.45) is 0 Å². The molecule has 0 aliphatic rings. The van der Waals surface area contributed by atoms with Gasteiger partial charge in [-0.25, -0.2) is 8.42 Å². The number of rotatable bonds is 8. The Morgan fingerprint density at radius 3 is 2.12 bits per heavy atom. The van der Waals surface area contributed by atoms with Crippen LogP contribution in [0.5, 0.6) is 0 Å². The molecule has 3 aromatic rings. The number of nitrogens with zero attached hydrogens (tertiary/aromatic N) is 2. The van der Waals surface area contributed by atoms with E-state index in [9.17, 15) is 18.0 Å². The van der Waals surface area contributed by atoms with E-state index in [0.29, 0.717) is 5.56 Å². The van der Waals surface area contributed by atoms with Crippen molar-refractivity contribution in [2.45, 2.75) is 36.8 Å². The van der Waals surface area contributed by atoms with Gasteiger partial charge < -0.3 is 15.2 Å². The highest BCUT2D eigenvalue weighted by Crippen LogP contribution is 2.22. The molecular formula is C23H26N4O5S. The fraction of sp³-hybridized carbons (Fsp3) is 0.304. The van der Waals surface area contributed by atoms with E-state index in [4.69, 9.17) is 4.52 Å². The zero-order valence-corrected chi connectivity index (χ0v) is 19.5. The molecule has 33 heavy (non-hydrogen) atoms. The van der Waals surface area contributed by atoms with Crippen LogP contribution in [0, 0.1) is 0 Å². The van der Waals surface area contributed by atoms with Crippen LogP contribution >= 0.6 is 0 Å². The molecule has 0 radical (unpaired) electrons. The molecule has 0 fully saturated rings. The predicted molar refractivity (Wildman–Crippen MR) is 121 cm³/mol. The summed E-state index contributed by atoms with van der Waals surface area (Å²) >= 11 is 0. The van der Waals surface area contributed by atoms with E-state index >= 15 is 0 Å². The highest BCUT2D eigenvalue weighted by atomic mass is 32.2. The number of sulfone groups is 1. The normalized spacial score (nSPS) is 11.7. The Morgan fingerprint density at radius 2 is 1.52 bits per heavy atom. The molecule has 0 bridgehead atoms. The first-order valence-electron chi connectivity index (χ1n) is 10.3. The summed E-state index contributed by atoms with van der Waals surface area (Å²) in [6, 6.07) is 15.2. The van der Waals surface area contributed by atoms with Crippen LogP contribution in [-0.2, 0) is 21.0 Å². The largest absolute Gasteiger partial charge is 0.350 e. The van der Waals surface area contributed by atoms with Gasteiger partial charge in [0.15, 0.2) is 15.7 Å². The third-order valence-corrected chi connectivity index (χ3v) is 6.42. The number of carbonyl (C=O) groups is 2. The lowest BCUT2D eigenvalue weighted by Gasteiger charge is -2.19. The monoisotopic (exact) mass is 470 g/mol. The highest BCUT2D eigenvalue weighted by molar-refractivity contribution is 7.90. The number of hydrogen-bond donors (Lipinski definition) is 2. The van der Waals surface area contributed by atoms with Crippen molar-refractivity contribution in [2.75, 3.05) is 13.1 Å². The Bertz CT molecular complexity index is 1210. The fourth-order valence-corrected chi connectivity index (χ4v) is 4.13. The second kappa shape index (κ2) is 9.95. The highest BCUT2D eigenvalue weighted by Gasteiger charge is 2.21. The molecule has 174 valence electrons. The van der Waals surface area contributed by atoms with Gasteiger partial charge in [-0.05, 0) is 35.2 Å². The molecule has 1 heterocycles. The molecule has 2 amide bonds. The van der Waals surface area contributed by atoms with E-state index in [1.54, 1.807) is 30.3 Å². The summed E-state index contributed by atoms with van der Waals surface area (Å²) in [4.78, 5) is 28.4. The minimum Gasteiger partial charge on any atom is -0.350 e. The summed E-state index contributed by atoms with van der Waals surface area (Å²) in [6.45, 7) is 6.61. The Labute approximate surface area is 192 Å². The maximum absolute atomic E-state index is 12.4. The molecule has 9 nitrogen and oxygen atoms in total. The SMILES string of the molecule is CC(C)(C)c1ccc(C(=O)NCCNC(=O)c2nc(CS(=O)(=O)c3ccccc3)no2)cc1. The van der Waals surface area contributed by atoms with Crippen molar-refractivity contribution >= 4 is 21.7 Å². The molecule has 10 heteroatoms.